The highest BCUT2D eigenvalue weighted by molar-refractivity contribution is 5.52. The third-order valence-corrected chi connectivity index (χ3v) is 1.66. The van der Waals surface area contributed by atoms with Crippen LogP contribution in [0.1, 0.15) is 0 Å². The Morgan fingerprint density at radius 2 is 2.17 bits per heavy atom. The van der Waals surface area contributed by atoms with Crippen LogP contribution in [-0.4, -0.2) is 20.0 Å². The zero-order valence-electron chi connectivity index (χ0n) is 6.68. The number of hydrogen-bond donors (Lipinski definition) is 0. The van der Waals surface area contributed by atoms with Crippen molar-refractivity contribution >= 4 is 0 Å². The molecule has 2 aromatic heterocycles. The lowest BCUT2D eigenvalue weighted by molar-refractivity contribution is 0.771. The molecule has 0 atom stereocenters. The van der Waals surface area contributed by atoms with Gasteiger partial charge in [-0.3, -0.25) is 4.68 Å². The van der Waals surface area contributed by atoms with Crippen molar-refractivity contribution in [2.24, 2.45) is 7.05 Å². The number of hydrogen-bond acceptors (Lipinski definition) is 3. The van der Waals surface area contributed by atoms with Crippen molar-refractivity contribution in [3.63, 3.8) is 0 Å². The molecule has 12 heavy (non-hydrogen) atoms. The van der Waals surface area contributed by atoms with E-state index in [0.29, 0.717) is 0 Å². The van der Waals surface area contributed by atoms with Crippen molar-refractivity contribution in [2.75, 3.05) is 0 Å². The maximum atomic E-state index is 4.04. The van der Waals surface area contributed by atoms with Gasteiger partial charge in [-0.15, -0.1) is 5.10 Å². The minimum atomic E-state index is 0.845. The van der Waals surface area contributed by atoms with Gasteiger partial charge in [0.2, 0.25) is 0 Å². The molecule has 0 unspecified atom stereocenters. The summed E-state index contributed by atoms with van der Waals surface area (Å²) >= 11 is 0. The summed E-state index contributed by atoms with van der Waals surface area (Å²) in [6.45, 7) is 0. The first-order valence-electron chi connectivity index (χ1n) is 3.64. The molecule has 4 nitrogen and oxygen atoms in total. The van der Waals surface area contributed by atoms with Gasteiger partial charge in [0, 0.05) is 19.4 Å². The maximum absolute atomic E-state index is 4.04. The predicted molar refractivity (Wildman–Crippen MR) is 44.2 cm³/mol. The van der Waals surface area contributed by atoms with E-state index >= 15 is 0 Å². The summed E-state index contributed by atoms with van der Waals surface area (Å²) in [5, 5.41) is 11.8. The van der Waals surface area contributed by atoms with Gasteiger partial charge in [-0.1, -0.05) is 0 Å². The van der Waals surface area contributed by atoms with E-state index in [1.165, 1.54) is 0 Å². The predicted octanol–water partition coefficient (Wildman–Crippen LogP) is 0.877. The Balaban J connectivity index is 2.51. The largest absolute Gasteiger partial charge is 0.266 e. The number of rotatable bonds is 1. The van der Waals surface area contributed by atoms with Gasteiger partial charge in [0.1, 0.15) is 5.69 Å². The first kappa shape index (κ1) is 6.97. The summed E-state index contributed by atoms with van der Waals surface area (Å²) in [5.41, 5.74) is 1.82. The van der Waals surface area contributed by atoms with Crippen LogP contribution in [0.2, 0.25) is 0 Å². The molecule has 60 valence electrons. The average Bonchev–Trinajstić information content (AvgIpc) is 2.53. The summed E-state index contributed by atoms with van der Waals surface area (Å²) in [5.74, 6) is 0. The van der Waals surface area contributed by atoms with E-state index in [1.54, 1.807) is 17.1 Å². The smallest absolute Gasteiger partial charge is 0.111 e. The summed E-state index contributed by atoms with van der Waals surface area (Å²) in [4.78, 5) is 0. The Hall–Kier alpha value is -1.71. The molecule has 0 saturated carbocycles. The molecule has 0 fully saturated rings. The van der Waals surface area contributed by atoms with Gasteiger partial charge in [-0.2, -0.15) is 10.2 Å². The molecule has 0 aliphatic carbocycles. The van der Waals surface area contributed by atoms with E-state index in [1.807, 2.05) is 25.2 Å². The van der Waals surface area contributed by atoms with Crippen LogP contribution >= 0.6 is 0 Å². The van der Waals surface area contributed by atoms with Gasteiger partial charge in [0.15, 0.2) is 0 Å². The average molecular weight is 160 g/mol. The standard InChI is InChI=1S/C8H8N4/c1-12-8(4-6-10-12)7-3-2-5-9-11-7/h2-6H,1H3. The van der Waals surface area contributed by atoms with Crippen LogP contribution in [0.3, 0.4) is 0 Å². The normalized spacial score (nSPS) is 10.1. The van der Waals surface area contributed by atoms with Crippen LogP contribution in [0.25, 0.3) is 11.4 Å². The van der Waals surface area contributed by atoms with Crippen molar-refractivity contribution in [3.8, 4) is 11.4 Å². The fourth-order valence-electron chi connectivity index (χ4n) is 1.06. The van der Waals surface area contributed by atoms with E-state index in [2.05, 4.69) is 15.3 Å². The summed E-state index contributed by atoms with van der Waals surface area (Å²) in [6.07, 6.45) is 3.39. The van der Waals surface area contributed by atoms with Gasteiger partial charge < -0.3 is 0 Å². The zero-order chi connectivity index (χ0) is 8.39. The Labute approximate surface area is 69.9 Å². The third-order valence-electron chi connectivity index (χ3n) is 1.66. The number of nitrogens with zero attached hydrogens (tertiary/aromatic N) is 4. The van der Waals surface area contributed by atoms with Gasteiger partial charge in [0.05, 0.1) is 5.69 Å². The fourth-order valence-corrected chi connectivity index (χ4v) is 1.06. The lowest BCUT2D eigenvalue weighted by Gasteiger charge is -1.97. The fraction of sp³-hybridized carbons (Fsp3) is 0.125. The van der Waals surface area contributed by atoms with Crippen LogP contribution in [0, 0.1) is 0 Å². The molecule has 0 aliphatic heterocycles. The summed E-state index contributed by atoms with van der Waals surface area (Å²) in [6, 6.07) is 5.67. The Morgan fingerprint density at radius 3 is 2.75 bits per heavy atom. The highest BCUT2D eigenvalue weighted by atomic mass is 15.3. The molecule has 0 amide bonds. The summed E-state index contributed by atoms with van der Waals surface area (Å²) < 4.78 is 1.77. The Bertz CT molecular complexity index is 366. The second-order valence-corrected chi connectivity index (χ2v) is 2.45. The lowest BCUT2D eigenvalue weighted by Crippen LogP contribution is -1.95. The van der Waals surface area contributed by atoms with Gasteiger partial charge >= 0.3 is 0 Å². The van der Waals surface area contributed by atoms with E-state index in [0.717, 1.165) is 11.4 Å². The van der Waals surface area contributed by atoms with E-state index in [9.17, 15) is 0 Å². The van der Waals surface area contributed by atoms with Crippen molar-refractivity contribution < 1.29 is 0 Å². The van der Waals surface area contributed by atoms with Gasteiger partial charge in [0.25, 0.3) is 0 Å². The van der Waals surface area contributed by atoms with Crippen molar-refractivity contribution in [3.05, 3.63) is 30.6 Å². The topological polar surface area (TPSA) is 43.6 Å². The van der Waals surface area contributed by atoms with Crippen molar-refractivity contribution in [1.29, 1.82) is 0 Å². The van der Waals surface area contributed by atoms with E-state index in [4.69, 9.17) is 0 Å². The molecule has 0 aromatic carbocycles. The molecule has 2 heterocycles. The maximum Gasteiger partial charge on any atom is 0.111 e. The summed E-state index contributed by atoms with van der Waals surface area (Å²) in [7, 11) is 1.88. The number of aryl methyl sites for hydroxylation is 1. The van der Waals surface area contributed by atoms with Crippen LogP contribution in [0.4, 0.5) is 0 Å². The third kappa shape index (κ3) is 1.07. The molecular formula is C8H8N4. The molecule has 0 N–H and O–H groups in total. The lowest BCUT2D eigenvalue weighted by atomic mass is 10.3. The van der Waals surface area contributed by atoms with Crippen LogP contribution < -0.4 is 0 Å². The second-order valence-electron chi connectivity index (χ2n) is 2.45. The first-order valence-corrected chi connectivity index (χ1v) is 3.64. The number of aromatic nitrogens is 4. The van der Waals surface area contributed by atoms with Crippen molar-refractivity contribution in [2.45, 2.75) is 0 Å². The second kappa shape index (κ2) is 2.73. The Morgan fingerprint density at radius 1 is 1.25 bits per heavy atom. The van der Waals surface area contributed by atoms with Gasteiger partial charge in [-0.25, -0.2) is 0 Å². The van der Waals surface area contributed by atoms with Gasteiger partial charge in [-0.05, 0) is 18.2 Å². The minimum absolute atomic E-state index is 0.845. The minimum Gasteiger partial charge on any atom is -0.266 e. The zero-order valence-corrected chi connectivity index (χ0v) is 6.68. The molecule has 2 rings (SSSR count). The van der Waals surface area contributed by atoms with E-state index < -0.39 is 0 Å². The molecule has 4 heteroatoms. The quantitative estimate of drug-likeness (QED) is 0.622. The highest BCUT2D eigenvalue weighted by Gasteiger charge is 2.01. The molecule has 0 radical (unpaired) electrons. The Kier molecular flexibility index (Phi) is 1.59. The molecule has 0 bridgehead atoms. The molecule has 2 aromatic rings. The molecule has 0 saturated heterocycles. The van der Waals surface area contributed by atoms with Crippen molar-refractivity contribution in [1.82, 2.24) is 20.0 Å². The first-order chi connectivity index (χ1) is 5.88. The van der Waals surface area contributed by atoms with Crippen LogP contribution in [0.5, 0.6) is 0 Å². The monoisotopic (exact) mass is 160 g/mol. The molecular weight excluding hydrogens is 152 g/mol. The molecule has 0 spiro atoms. The highest BCUT2D eigenvalue weighted by Crippen LogP contribution is 2.12. The van der Waals surface area contributed by atoms with E-state index in [-0.39, 0.29) is 0 Å². The molecule has 0 aliphatic rings. The SMILES string of the molecule is Cn1nccc1-c1cccnn1. The van der Waals surface area contributed by atoms with Crippen LogP contribution in [-0.2, 0) is 7.05 Å². The van der Waals surface area contributed by atoms with Crippen LogP contribution in [0.15, 0.2) is 30.6 Å².